The van der Waals surface area contributed by atoms with Gasteiger partial charge in [-0.25, -0.2) is 9.78 Å². The van der Waals surface area contributed by atoms with E-state index in [0.717, 1.165) is 6.42 Å². The van der Waals surface area contributed by atoms with E-state index in [-0.39, 0.29) is 31.0 Å². The summed E-state index contributed by atoms with van der Waals surface area (Å²) in [5, 5.41) is 20.9. The Morgan fingerprint density at radius 3 is 2.67 bits per heavy atom. The summed E-state index contributed by atoms with van der Waals surface area (Å²) in [6, 6.07) is 0. The van der Waals surface area contributed by atoms with Crippen LogP contribution in [-0.2, 0) is 45.1 Å². The van der Waals surface area contributed by atoms with Gasteiger partial charge < -0.3 is 43.2 Å². The molecule has 3 aliphatic heterocycles. The number of hydrogen-bond donors (Lipinski definition) is 2. The maximum atomic E-state index is 13.3. The quantitative estimate of drug-likeness (QED) is 0.214. The number of ether oxygens (including phenoxy) is 6. The second kappa shape index (κ2) is 14.8. The van der Waals surface area contributed by atoms with Crippen molar-refractivity contribution in [3.63, 3.8) is 0 Å². The molecule has 1 aliphatic carbocycles. The van der Waals surface area contributed by atoms with Crippen LogP contribution in [0.5, 0.6) is 0 Å². The molecule has 1 unspecified atom stereocenters. The topological polar surface area (TPSA) is 148 Å². The fourth-order valence-corrected chi connectivity index (χ4v) is 7.31. The van der Waals surface area contributed by atoms with Crippen LogP contribution in [0.15, 0.2) is 54.1 Å². The van der Waals surface area contributed by atoms with Crippen LogP contribution in [0.4, 0.5) is 0 Å². The number of esters is 2. The van der Waals surface area contributed by atoms with E-state index in [1.54, 1.807) is 17.0 Å². The minimum Gasteiger partial charge on any atom is -0.456 e. The van der Waals surface area contributed by atoms with Crippen molar-refractivity contribution in [1.82, 2.24) is 9.55 Å². The Morgan fingerprint density at radius 2 is 2.00 bits per heavy atom. The Labute approximate surface area is 282 Å². The standard InChI is InChI=1S/C36H50N2O10/c1-8-45-36-14-13-35(6,48-36)30(47-31(41)12-10-25-17-38(7)20-37-25)16-27-22(4)9-11-26(21(2)3)28(27)15-24(36)18-43-34-33(46-23(5)39)32(42)29(40)19-44-34/h9-10,12-15,17,20-21,26-30,32-34,40,42H,8,11,16,18-19H2,1-7H3/t26-,27+,28?,29-,30+,32-,33+,34-,35+,36-/m1/s1. The molecule has 0 spiro atoms. The smallest absolute Gasteiger partial charge is 0.331 e. The highest BCUT2D eigenvalue weighted by Gasteiger charge is 2.54. The molecule has 0 aromatic carbocycles. The predicted molar refractivity (Wildman–Crippen MR) is 175 cm³/mol. The number of imidazole rings is 1. The van der Waals surface area contributed by atoms with E-state index in [1.165, 1.54) is 18.6 Å². The Morgan fingerprint density at radius 1 is 1.23 bits per heavy atom. The highest BCUT2D eigenvalue weighted by atomic mass is 16.7. The molecule has 0 amide bonds. The number of carbonyl (C=O) groups excluding carboxylic acids is 2. The lowest BCUT2D eigenvalue weighted by molar-refractivity contribution is -0.278. The third kappa shape index (κ3) is 7.69. The minimum absolute atomic E-state index is 0.0140. The van der Waals surface area contributed by atoms with E-state index in [4.69, 9.17) is 28.4 Å². The molecule has 4 heterocycles. The largest absolute Gasteiger partial charge is 0.456 e. The van der Waals surface area contributed by atoms with Crippen LogP contribution in [0.25, 0.3) is 6.08 Å². The number of nitrogens with zero attached hydrogens (tertiary/aromatic N) is 2. The monoisotopic (exact) mass is 670 g/mol. The molecule has 1 saturated heterocycles. The van der Waals surface area contributed by atoms with Gasteiger partial charge in [-0.3, -0.25) is 4.79 Å². The number of aliphatic hydroxyl groups excluding tert-OH is 2. The number of fused-ring (bicyclic) bond motifs is 3. The molecule has 264 valence electrons. The van der Waals surface area contributed by atoms with Crippen molar-refractivity contribution in [2.45, 2.75) is 96.5 Å². The van der Waals surface area contributed by atoms with Gasteiger partial charge in [0.15, 0.2) is 12.4 Å². The number of aliphatic hydroxyl groups is 2. The molecule has 2 N–H and O–H groups in total. The fraction of sp³-hybridized carbons (Fsp3) is 0.639. The van der Waals surface area contributed by atoms with E-state index in [1.807, 2.05) is 39.2 Å². The van der Waals surface area contributed by atoms with Gasteiger partial charge in [0.05, 0.1) is 25.2 Å². The SMILES string of the molecule is CCO[C@]12C=C[C@](C)(O1)[C@@H](OC(=O)C=Cc1cn(C)cn1)C[C@H]1C(C)=CC[C@H](C(C)C)C1C=C2CO[C@@H]1OC[C@@H](O)[C@@H](O)[C@@H]1OC(C)=O. The Bertz CT molecular complexity index is 1450. The van der Waals surface area contributed by atoms with Crippen molar-refractivity contribution in [3.8, 4) is 0 Å². The summed E-state index contributed by atoms with van der Waals surface area (Å²) in [6.45, 7) is 11.6. The van der Waals surface area contributed by atoms with Crippen molar-refractivity contribution < 1.29 is 48.2 Å². The summed E-state index contributed by atoms with van der Waals surface area (Å²) < 4.78 is 38.6. The van der Waals surface area contributed by atoms with Crippen molar-refractivity contribution in [1.29, 1.82) is 0 Å². The first-order valence-electron chi connectivity index (χ1n) is 16.8. The zero-order valence-corrected chi connectivity index (χ0v) is 28.9. The minimum atomic E-state index is -1.39. The molecular formula is C36H50N2O10. The Kier molecular flexibility index (Phi) is 11.1. The summed E-state index contributed by atoms with van der Waals surface area (Å²) in [4.78, 5) is 29.5. The lowest BCUT2D eigenvalue weighted by atomic mass is 9.65. The van der Waals surface area contributed by atoms with E-state index in [2.05, 4.69) is 37.9 Å². The van der Waals surface area contributed by atoms with Crippen LogP contribution in [-0.4, -0.2) is 93.6 Å². The predicted octanol–water partition coefficient (Wildman–Crippen LogP) is 3.63. The third-order valence-electron chi connectivity index (χ3n) is 9.93. The molecule has 1 aromatic rings. The summed E-state index contributed by atoms with van der Waals surface area (Å²) in [6.07, 6.45) is 10.4. The van der Waals surface area contributed by atoms with E-state index < -0.39 is 54.0 Å². The summed E-state index contributed by atoms with van der Waals surface area (Å²) in [5.41, 5.74) is 1.46. The average molecular weight is 671 g/mol. The molecule has 2 bridgehead atoms. The number of carbonyl (C=O) groups is 2. The highest BCUT2D eigenvalue weighted by Crippen LogP contribution is 2.50. The van der Waals surface area contributed by atoms with Crippen LogP contribution < -0.4 is 0 Å². The van der Waals surface area contributed by atoms with Crippen LogP contribution in [0.3, 0.4) is 0 Å². The molecule has 0 radical (unpaired) electrons. The van der Waals surface area contributed by atoms with Gasteiger partial charge in [0, 0.05) is 38.4 Å². The molecule has 12 heteroatoms. The van der Waals surface area contributed by atoms with E-state index >= 15 is 0 Å². The first kappa shape index (κ1) is 36.2. The maximum Gasteiger partial charge on any atom is 0.331 e. The van der Waals surface area contributed by atoms with E-state index in [0.29, 0.717) is 30.2 Å². The first-order valence-corrected chi connectivity index (χ1v) is 16.8. The van der Waals surface area contributed by atoms with Crippen molar-refractivity contribution in [3.05, 3.63) is 59.7 Å². The molecule has 4 aliphatic rings. The maximum absolute atomic E-state index is 13.3. The molecule has 48 heavy (non-hydrogen) atoms. The number of hydrogen-bond acceptors (Lipinski definition) is 11. The van der Waals surface area contributed by atoms with Gasteiger partial charge in [0.1, 0.15) is 23.9 Å². The second-order valence-electron chi connectivity index (χ2n) is 13.8. The Balaban J connectivity index is 1.51. The lowest BCUT2D eigenvalue weighted by Gasteiger charge is -2.41. The van der Waals surface area contributed by atoms with Gasteiger partial charge in [-0.15, -0.1) is 0 Å². The highest BCUT2D eigenvalue weighted by molar-refractivity contribution is 5.86. The number of allylic oxidation sites excluding steroid dienone is 3. The summed E-state index contributed by atoms with van der Waals surface area (Å²) >= 11 is 0. The van der Waals surface area contributed by atoms with Crippen molar-refractivity contribution >= 4 is 18.0 Å². The average Bonchev–Trinajstić information content (AvgIpc) is 3.61. The Hall–Kier alpha value is -3.13. The third-order valence-corrected chi connectivity index (χ3v) is 9.93. The molecule has 1 aromatic heterocycles. The molecule has 0 saturated carbocycles. The number of aryl methyl sites for hydroxylation is 1. The fourth-order valence-electron chi connectivity index (χ4n) is 7.31. The van der Waals surface area contributed by atoms with Crippen molar-refractivity contribution in [2.24, 2.45) is 30.7 Å². The van der Waals surface area contributed by atoms with Crippen LogP contribution in [0.2, 0.25) is 0 Å². The van der Waals surface area contributed by atoms with E-state index in [9.17, 15) is 19.8 Å². The van der Waals surface area contributed by atoms with Gasteiger partial charge in [-0.1, -0.05) is 31.6 Å². The molecule has 12 nitrogen and oxygen atoms in total. The molecule has 5 rings (SSSR count). The zero-order valence-electron chi connectivity index (χ0n) is 28.9. The van der Waals surface area contributed by atoms with Crippen LogP contribution in [0.1, 0.15) is 60.1 Å². The normalized spacial score (nSPS) is 36.5. The van der Waals surface area contributed by atoms with Crippen LogP contribution >= 0.6 is 0 Å². The van der Waals surface area contributed by atoms with Gasteiger partial charge >= 0.3 is 11.9 Å². The number of rotatable bonds is 10. The zero-order chi connectivity index (χ0) is 34.8. The summed E-state index contributed by atoms with van der Waals surface area (Å²) in [7, 11) is 1.86. The lowest BCUT2D eigenvalue weighted by Crippen LogP contribution is -2.55. The number of aromatic nitrogens is 2. The van der Waals surface area contributed by atoms with Crippen LogP contribution in [0, 0.1) is 23.7 Å². The van der Waals surface area contributed by atoms with Gasteiger partial charge in [-0.05, 0) is 75.5 Å². The van der Waals surface area contributed by atoms with Gasteiger partial charge in [-0.2, -0.15) is 0 Å². The molecule has 1 fully saturated rings. The van der Waals surface area contributed by atoms with Crippen molar-refractivity contribution in [2.75, 3.05) is 19.8 Å². The first-order chi connectivity index (χ1) is 22.7. The molecule has 10 atom stereocenters. The molecular weight excluding hydrogens is 620 g/mol. The van der Waals surface area contributed by atoms with Gasteiger partial charge in [0.2, 0.25) is 5.79 Å². The van der Waals surface area contributed by atoms with Gasteiger partial charge in [0.25, 0.3) is 0 Å². The second-order valence-corrected chi connectivity index (χ2v) is 13.8. The summed E-state index contributed by atoms with van der Waals surface area (Å²) in [5.74, 6) is -1.89.